The average molecular weight is 451 g/mol. The van der Waals surface area contributed by atoms with Crippen LogP contribution >= 0.6 is 15.9 Å². The third kappa shape index (κ3) is 3.77. The first-order valence-corrected chi connectivity index (χ1v) is 10.7. The molecule has 3 heteroatoms. The van der Waals surface area contributed by atoms with Crippen LogP contribution in [0.1, 0.15) is 11.4 Å². The lowest BCUT2D eigenvalue weighted by Gasteiger charge is -2.13. The highest BCUT2D eigenvalue weighted by atomic mass is 79.9. The van der Waals surface area contributed by atoms with Gasteiger partial charge in [0.2, 0.25) is 0 Å². The number of hydrogen-bond donors (Lipinski definition) is 0. The Balaban J connectivity index is 1.69. The molecule has 144 valence electrons. The van der Waals surface area contributed by atoms with Gasteiger partial charge in [0.05, 0.1) is 11.2 Å². The molecule has 0 radical (unpaired) electrons. The summed E-state index contributed by atoms with van der Waals surface area (Å²) in [6, 6.07) is 35.5. The van der Waals surface area contributed by atoms with E-state index in [9.17, 15) is 0 Å². The van der Waals surface area contributed by atoms with Crippen LogP contribution in [-0.4, -0.2) is 9.97 Å². The van der Waals surface area contributed by atoms with Gasteiger partial charge in [0, 0.05) is 21.8 Å². The molecule has 1 heterocycles. The Morgan fingerprint density at radius 1 is 0.600 bits per heavy atom. The van der Waals surface area contributed by atoms with Crippen molar-refractivity contribution in [2.75, 3.05) is 0 Å². The molecule has 30 heavy (non-hydrogen) atoms. The molecule has 0 atom stereocenters. The van der Waals surface area contributed by atoms with Crippen LogP contribution in [0.4, 0.5) is 0 Å². The second kappa shape index (κ2) is 8.21. The molecule has 0 aliphatic rings. The van der Waals surface area contributed by atoms with Crippen molar-refractivity contribution in [1.29, 1.82) is 0 Å². The third-order valence-corrected chi connectivity index (χ3v) is 5.72. The first-order chi connectivity index (χ1) is 14.8. The molecule has 0 aliphatic carbocycles. The van der Waals surface area contributed by atoms with Gasteiger partial charge in [0.1, 0.15) is 5.82 Å². The molecule has 0 amide bonds. The number of fused-ring (bicyclic) bond motifs is 1. The van der Waals surface area contributed by atoms with Crippen LogP contribution in [0.3, 0.4) is 0 Å². The van der Waals surface area contributed by atoms with E-state index >= 15 is 0 Å². The van der Waals surface area contributed by atoms with Crippen molar-refractivity contribution in [2.45, 2.75) is 6.42 Å². The summed E-state index contributed by atoms with van der Waals surface area (Å²) < 4.78 is 1.07. The number of benzene rings is 4. The molecule has 0 fully saturated rings. The van der Waals surface area contributed by atoms with Gasteiger partial charge in [-0.2, -0.15) is 0 Å². The summed E-state index contributed by atoms with van der Waals surface area (Å²) >= 11 is 3.50. The fourth-order valence-corrected chi connectivity index (χ4v) is 4.02. The van der Waals surface area contributed by atoms with E-state index in [0.29, 0.717) is 6.42 Å². The maximum Gasteiger partial charge on any atom is 0.134 e. The molecule has 1 aromatic heterocycles. The van der Waals surface area contributed by atoms with Gasteiger partial charge in [-0.05, 0) is 34.9 Å². The molecule has 0 spiro atoms. The molecule has 0 aliphatic heterocycles. The topological polar surface area (TPSA) is 25.8 Å². The number of halogens is 1. The lowest BCUT2D eigenvalue weighted by molar-refractivity contribution is 0.996. The highest BCUT2D eigenvalue weighted by molar-refractivity contribution is 9.10. The van der Waals surface area contributed by atoms with Crippen molar-refractivity contribution >= 4 is 26.8 Å². The van der Waals surface area contributed by atoms with Crippen molar-refractivity contribution in [3.05, 3.63) is 119 Å². The number of rotatable bonds is 4. The van der Waals surface area contributed by atoms with Crippen LogP contribution in [0.25, 0.3) is 33.3 Å². The van der Waals surface area contributed by atoms with Crippen molar-refractivity contribution < 1.29 is 0 Å². The largest absolute Gasteiger partial charge is 0.233 e. The summed E-state index contributed by atoms with van der Waals surface area (Å²) in [7, 11) is 0. The van der Waals surface area contributed by atoms with Crippen LogP contribution in [0.15, 0.2) is 108 Å². The summed E-state index contributed by atoms with van der Waals surface area (Å²) in [6.07, 6.45) is 0.693. The Bertz CT molecular complexity index is 1310. The second-order valence-electron chi connectivity index (χ2n) is 7.22. The minimum Gasteiger partial charge on any atom is -0.233 e. The van der Waals surface area contributed by atoms with E-state index in [2.05, 4.69) is 107 Å². The zero-order chi connectivity index (χ0) is 20.3. The van der Waals surface area contributed by atoms with Crippen molar-refractivity contribution in [3.63, 3.8) is 0 Å². The van der Waals surface area contributed by atoms with Gasteiger partial charge in [-0.15, -0.1) is 0 Å². The molecule has 0 saturated carbocycles. The fraction of sp³-hybridized carbons (Fsp3) is 0.0370. The predicted molar refractivity (Wildman–Crippen MR) is 127 cm³/mol. The second-order valence-corrected chi connectivity index (χ2v) is 8.14. The molecule has 0 saturated heterocycles. The van der Waals surface area contributed by atoms with Gasteiger partial charge in [-0.3, -0.25) is 0 Å². The monoisotopic (exact) mass is 450 g/mol. The lowest BCUT2D eigenvalue weighted by atomic mass is 9.95. The quantitative estimate of drug-likeness (QED) is 0.286. The minimum atomic E-state index is 0.693. The van der Waals surface area contributed by atoms with E-state index in [4.69, 9.17) is 9.97 Å². The van der Waals surface area contributed by atoms with Crippen LogP contribution in [0, 0.1) is 0 Å². The van der Waals surface area contributed by atoms with Crippen molar-refractivity contribution in [1.82, 2.24) is 9.97 Å². The van der Waals surface area contributed by atoms with Gasteiger partial charge in [0.25, 0.3) is 0 Å². The molecule has 4 aromatic carbocycles. The Kier molecular flexibility index (Phi) is 5.12. The molecule has 0 N–H and O–H groups in total. The molecule has 2 nitrogen and oxygen atoms in total. The van der Waals surface area contributed by atoms with Crippen LogP contribution in [0.5, 0.6) is 0 Å². The maximum absolute atomic E-state index is 5.05. The van der Waals surface area contributed by atoms with Crippen molar-refractivity contribution in [2.24, 2.45) is 0 Å². The first kappa shape index (κ1) is 18.7. The smallest absolute Gasteiger partial charge is 0.134 e. The average Bonchev–Trinajstić information content (AvgIpc) is 2.81. The lowest BCUT2D eigenvalue weighted by Crippen LogP contribution is -2.01. The molecule has 0 unspecified atom stereocenters. The predicted octanol–water partition coefficient (Wildman–Crippen LogP) is 7.32. The fourth-order valence-electron chi connectivity index (χ4n) is 3.75. The summed E-state index contributed by atoms with van der Waals surface area (Å²) in [6.45, 7) is 0. The van der Waals surface area contributed by atoms with E-state index in [1.165, 1.54) is 16.7 Å². The van der Waals surface area contributed by atoms with E-state index < -0.39 is 0 Å². The van der Waals surface area contributed by atoms with Crippen LogP contribution in [0.2, 0.25) is 0 Å². The molecule has 5 rings (SSSR count). The van der Waals surface area contributed by atoms with Crippen molar-refractivity contribution in [3.8, 4) is 22.4 Å². The van der Waals surface area contributed by atoms with Crippen LogP contribution < -0.4 is 0 Å². The zero-order valence-corrected chi connectivity index (χ0v) is 17.9. The van der Waals surface area contributed by atoms with Gasteiger partial charge in [0.15, 0.2) is 0 Å². The number of para-hydroxylation sites is 1. The summed E-state index contributed by atoms with van der Waals surface area (Å²) in [5, 5.41) is 1.07. The minimum absolute atomic E-state index is 0.693. The Morgan fingerprint density at radius 3 is 2.07 bits per heavy atom. The van der Waals surface area contributed by atoms with Gasteiger partial charge >= 0.3 is 0 Å². The Labute approximate surface area is 184 Å². The maximum atomic E-state index is 5.05. The normalized spacial score (nSPS) is 11.0. The van der Waals surface area contributed by atoms with E-state index in [1.807, 2.05) is 12.1 Å². The zero-order valence-electron chi connectivity index (χ0n) is 16.3. The van der Waals surface area contributed by atoms with E-state index in [1.54, 1.807) is 0 Å². The summed E-state index contributed by atoms with van der Waals surface area (Å²) in [4.78, 5) is 9.91. The first-order valence-electron chi connectivity index (χ1n) is 9.93. The van der Waals surface area contributed by atoms with Gasteiger partial charge in [-0.25, -0.2) is 9.97 Å². The molecular formula is C27H19BrN2. The highest BCUT2D eigenvalue weighted by Crippen LogP contribution is 2.34. The van der Waals surface area contributed by atoms with Gasteiger partial charge in [-0.1, -0.05) is 101 Å². The third-order valence-electron chi connectivity index (χ3n) is 5.19. The Hall–Kier alpha value is -3.30. The molecular weight excluding hydrogens is 432 g/mol. The molecule has 5 aromatic rings. The summed E-state index contributed by atoms with van der Waals surface area (Å²) in [5.41, 5.74) is 6.63. The van der Waals surface area contributed by atoms with E-state index in [0.717, 1.165) is 32.5 Å². The van der Waals surface area contributed by atoms with Crippen LogP contribution in [-0.2, 0) is 6.42 Å². The standard InChI is InChI=1S/C27H19BrN2/c28-21-16-14-19(15-17-21)18-26-29-25-13-7-6-12-24(25)27(30-26)23-11-5-4-10-22(23)20-8-2-1-3-9-20/h1-17H,18H2. The number of aromatic nitrogens is 2. The van der Waals surface area contributed by atoms with Gasteiger partial charge < -0.3 is 0 Å². The molecule has 0 bridgehead atoms. The number of nitrogens with zero attached hydrogens (tertiary/aromatic N) is 2. The Morgan fingerprint density at radius 2 is 1.27 bits per heavy atom. The highest BCUT2D eigenvalue weighted by Gasteiger charge is 2.14. The van der Waals surface area contributed by atoms with E-state index in [-0.39, 0.29) is 0 Å². The summed E-state index contributed by atoms with van der Waals surface area (Å²) in [5.74, 6) is 0.828. The SMILES string of the molecule is Brc1ccc(Cc2nc(-c3ccccc3-c3ccccc3)c3ccccc3n2)cc1. The number of hydrogen-bond acceptors (Lipinski definition) is 2.